The molecule has 4 rings (SSSR count). The van der Waals surface area contributed by atoms with Gasteiger partial charge in [-0.1, -0.05) is 43.7 Å². The SMILES string of the molecule is CCCCNc1cc(-c2ccc3c(c2)CC[C@H](CNCC(O)COc2ccccc2)O3)ccc1C(=O)O. The summed E-state index contributed by atoms with van der Waals surface area (Å²) in [6.45, 7) is 4.16. The minimum atomic E-state index is -0.930. The van der Waals surface area contributed by atoms with Gasteiger partial charge in [0.05, 0.1) is 5.56 Å². The maximum atomic E-state index is 11.6. The van der Waals surface area contributed by atoms with E-state index in [4.69, 9.17) is 9.47 Å². The highest BCUT2D eigenvalue weighted by molar-refractivity contribution is 5.95. The fourth-order valence-corrected chi connectivity index (χ4v) is 4.40. The van der Waals surface area contributed by atoms with Crippen molar-refractivity contribution in [2.75, 3.05) is 31.6 Å². The third-order valence-electron chi connectivity index (χ3n) is 6.46. The first-order valence-corrected chi connectivity index (χ1v) is 13.0. The molecule has 196 valence electrons. The molecule has 0 bridgehead atoms. The number of carboxylic acid groups (broad SMARTS) is 1. The van der Waals surface area contributed by atoms with Crippen molar-refractivity contribution < 1.29 is 24.5 Å². The Morgan fingerprint density at radius 3 is 2.68 bits per heavy atom. The van der Waals surface area contributed by atoms with E-state index in [1.807, 2.05) is 54.6 Å². The first-order valence-electron chi connectivity index (χ1n) is 13.0. The van der Waals surface area contributed by atoms with E-state index in [0.29, 0.717) is 18.8 Å². The summed E-state index contributed by atoms with van der Waals surface area (Å²) in [4.78, 5) is 11.6. The highest BCUT2D eigenvalue weighted by Gasteiger charge is 2.21. The van der Waals surface area contributed by atoms with Crippen LogP contribution in [0.2, 0.25) is 0 Å². The number of ether oxygens (including phenoxy) is 2. The van der Waals surface area contributed by atoms with E-state index in [-0.39, 0.29) is 18.3 Å². The van der Waals surface area contributed by atoms with Crippen LogP contribution in [0.15, 0.2) is 66.7 Å². The number of nitrogens with one attached hydrogen (secondary N) is 2. The van der Waals surface area contributed by atoms with Gasteiger partial charge in [0.15, 0.2) is 0 Å². The summed E-state index contributed by atoms with van der Waals surface area (Å²) in [6, 6.07) is 21.1. The molecule has 7 nitrogen and oxygen atoms in total. The van der Waals surface area contributed by atoms with E-state index in [1.165, 1.54) is 0 Å². The summed E-state index contributed by atoms with van der Waals surface area (Å²) >= 11 is 0. The summed E-state index contributed by atoms with van der Waals surface area (Å²) < 4.78 is 11.8. The predicted octanol–water partition coefficient (Wildman–Crippen LogP) is 4.99. The normalized spacial score (nSPS) is 15.4. The minimum Gasteiger partial charge on any atom is -0.491 e. The van der Waals surface area contributed by atoms with Gasteiger partial charge in [-0.05, 0) is 72.4 Å². The highest BCUT2D eigenvalue weighted by Crippen LogP contribution is 2.33. The third-order valence-corrected chi connectivity index (χ3v) is 6.46. The fourth-order valence-electron chi connectivity index (χ4n) is 4.40. The number of para-hydroxylation sites is 1. The molecule has 0 fully saturated rings. The molecule has 0 saturated heterocycles. The lowest BCUT2D eigenvalue weighted by Gasteiger charge is -2.27. The number of rotatable bonds is 13. The number of hydrogen-bond donors (Lipinski definition) is 4. The van der Waals surface area contributed by atoms with E-state index in [9.17, 15) is 15.0 Å². The molecule has 1 heterocycles. The predicted molar refractivity (Wildman–Crippen MR) is 146 cm³/mol. The molecule has 2 atom stereocenters. The Hall–Kier alpha value is -3.55. The van der Waals surface area contributed by atoms with Gasteiger partial charge in [-0.3, -0.25) is 0 Å². The molecular weight excluding hydrogens is 468 g/mol. The summed E-state index contributed by atoms with van der Waals surface area (Å²) in [5, 5.41) is 26.3. The van der Waals surface area contributed by atoms with Crippen LogP contribution in [0, 0.1) is 0 Å². The van der Waals surface area contributed by atoms with E-state index in [2.05, 4.69) is 23.6 Å². The van der Waals surface area contributed by atoms with Gasteiger partial charge in [-0.15, -0.1) is 0 Å². The number of aliphatic hydroxyl groups is 1. The quantitative estimate of drug-likeness (QED) is 0.244. The summed E-state index contributed by atoms with van der Waals surface area (Å²) in [7, 11) is 0. The Morgan fingerprint density at radius 2 is 1.89 bits per heavy atom. The molecule has 0 saturated carbocycles. The van der Waals surface area contributed by atoms with Crippen LogP contribution < -0.4 is 20.1 Å². The number of unbranched alkanes of at least 4 members (excludes halogenated alkanes) is 1. The fraction of sp³-hybridized carbons (Fsp3) is 0.367. The van der Waals surface area contributed by atoms with E-state index in [0.717, 1.165) is 60.4 Å². The maximum Gasteiger partial charge on any atom is 0.337 e. The van der Waals surface area contributed by atoms with Crippen molar-refractivity contribution in [3.05, 3.63) is 77.9 Å². The van der Waals surface area contributed by atoms with Gasteiger partial charge in [-0.25, -0.2) is 4.79 Å². The number of aryl methyl sites for hydroxylation is 1. The number of carboxylic acids is 1. The Morgan fingerprint density at radius 1 is 1.11 bits per heavy atom. The summed E-state index contributed by atoms with van der Waals surface area (Å²) in [6.07, 6.45) is 3.22. The smallest absolute Gasteiger partial charge is 0.337 e. The maximum absolute atomic E-state index is 11.6. The Balaban J connectivity index is 1.31. The van der Waals surface area contributed by atoms with E-state index < -0.39 is 12.1 Å². The van der Waals surface area contributed by atoms with Gasteiger partial charge in [0.2, 0.25) is 0 Å². The summed E-state index contributed by atoms with van der Waals surface area (Å²) in [5.74, 6) is 0.688. The highest BCUT2D eigenvalue weighted by atomic mass is 16.5. The van der Waals surface area contributed by atoms with Crippen molar-refractivity contribution in [2.24, 2.45) is 0 Å². The van der Waals surface area contributed by atoms with Crippen LogP contribution in [0.1, 0.15) is 42.1 Å². The lowest BCUT2D eigenvalue weighted by Crippen LogP contribution is -2.39. The Labute approximate surface area is 218 Å². The lowest BCUT2D eigenvalue weighted by molar-refractivity contribution is 0.0698. The molecular formula is C30H36N2O5. The number of anilines is 1. The average molecular weight is 505 g/mol. The van der Waals surface area contributed by atoms with Crippen LogP contribution in [-0.4, -0.2) is 54.6 Å². The van der Waals surface area contributed by atoms with Crippen molar-refractivity contribution in [2.45, 2.75) is 44.8 Å². The lowest BCUT2D eigenvalue weighted by atomic mass is 9.96. The largest absolute Gasteiger partial charge is 0.491 e. The Kier molecular flexibility index (Phi) is 9.40. The van der Waals surface area contributed by atoms with Gasteiger partial charge in [-0.2, -0.15) is 0 Å². The molecule has 0 aromatic heterocycles. The molecule has 1 unspecified atom stereocenters. The van der Waals surface area contributed by atoms with Crippen LogP contribution >= 0.6 is 0 Å². The topological polar surface area (TPSA) is 100 Å². The number of aliphatic hydroxyl groups excluding tert-OH is 1. The number of benzene rings is 3. The van der Waals surface area contributed by atoms with Crippen LogP contribution in [0.5, 0.6) is 11.5 Å². The zero-order valence-electron chi connectivity index (χ0n) is 21.3. The van der Waals surface area contributed by atoms with Crippen LogP contribution in [0.4, 0.5) is 5.69 Å². The molecule has 3 aromatic carbocycles. The molecule has 0 spiro atoms. The van der Waals surface area contributed by atoms with Gasteiger partial charge in [0.1, 0.15) is 30.3 Å². The molecule has 1 aliphatic heterocycles. The number of fused-ring (bicyclic) bond motifs is 1. The minimum absolute atomic E-state index is 0.0322. The van der Waals surface area contributed by atoms with Gasteiger partial charge in [0, 0.05) is 25.3 Å². The third kappa shape index (κ3) is 7.47. The second-order valence-electron chi connectivity index (χ2n) is 9.38. The van der Waals surface area contributed by atoms with Crippen LogP contribution in [0.25, 0.3) is 11.1 Å². The monoisotopic (exact) mass is 504 g/mol. The van der Waals surface area contributed by atoms with Crippen LogP contribution in [-0.2, 0) is 6.42 Å². The zero-order chi connectivity index (χ0) is 26.0. The molecule has 37 heavy (non-hydrogen) atoms. The van der Waals surface area contributed by atoms with Gasteiger partial charge < -0.3 is 30.3 Å². The molecule has 0 amide bonds. The van der Waals surface area contributed by atoms with Gasteiger partial charge >= 0.3 is 5.97 Å². The molecule has 1 aliphatic rings. The molecule has 3 aromatic rings. The second kappa shape index (κ2) is 13.1. The van der Waals surface area contributed by atoms with E-state index in [1.54, 1.807) is 6.07 Å². The van der Waals surface area contributed by atoms with E-state index >= 15 is 0 Å². The van der Waals surface area contributed by atoms with Crippen molar-refractivity contribution in [3.8, 4) is 22.6 Å². The first kappa shape index (κ1) is 26.5. The van der Waals surface area contributed by atoms with Crippen molar-refractivity contribution in [1.29, 1.82) is 0 Å². The standard InChI is InChI=1S/C30H36N2O5/c1-2-3-15-32-28-17-22(10-13-27(28)30(34)35)21-11-14-29-23(16-21)9-12-26(37-29)19-31-18-24(33)20-36-25-7-5-4-6-8-25/h4-8,10-11,13-14,16-17,24,26,31-33H,2-3,9,12,15,18-20H2,1H3,(H,34,35)/t24?,26-/m1/s1. The van der Waals surface area contributed by atoms with Crippen molar-refractivity contribution in [3.63, 3.8) is 0 Å². The first-order chi connectivity index (χ1) is 18.0. The number of hydrogen-bond acceptors (Lipinski definition) is 6. The van der Waals surface area contributed by atoms with Crippen molar-refractivity contribution in [1.82, 2.24) is 5.32 Å². The number of aromatic carboxylic acids is 1. The van der Waals surface area contributed by atoms with Gasteiger partial charge in [0.25, 0.3) is 0 Å². The van der Waals surface area contributed by atoms with Crippen LogP contribution in [0.3, 0.4) is 0 Å². The molecule has 7 heteroatoms. The molecule has 4 N–H and O–H groups in total. The van der Waals surface area contributed by atoms with Crippen molar-refractivity contribution >= 4 is 11.7 Å². The molecule has 0 aliphatic carbocycles. The Bertz CT molecular complexity index is 1170. The number of carbonyl (C=O) groups is 1. The zero-order valence-corrected chi connectivity index (χ0v) is 21.3. The average Bonchev–Trinajstić information content (AvgIpc) is 2.92. The second-order valence-corrected chi connectivity index (χ2v) is 9.38. The molecule has 0 radical (unpaired) electrons. The summed E-state index contributed by atoms with van der Waals surface area (Å²) in [5.41, 5.74) is 4.09.